The summed E-state index contributed by atoms with van der Waals surface area (Å²) in [6.07, 6.45) is 2.04. The first-order chi connectivity index (χ1) is 14.6. The maximum Gasteiger partial charge on any atom is 0.227 e. The molecule has 30 heavy (non-hydrogen) atoms. The average Bonchev–Trinajstić information content (AvgIpc) is 3.24. The molecule has 0 aliphatic carbocycles. The Morgan fingerprint density at radius 3 is 2.53 bits per heavy atom. The molecule has 2 aromatic carbocycles. The second-order valence-electron chi connectivity index (χ2n) is 7.30. The molecule has 4 rings (SSSR count). The van der Waals surface area contributed by atoms with Crippen LogP contribution in [0.2, 0.25) is 5.02 Å². The lowest BCUT2D eigenvalue weighted by Gasteiger charge is -2.34. The molecule has 0 bridgehead atoms. The van der Waals surface area contributed by atoms with Crippen LogP contribution in [0.1, 0.15) is 11.3 Å². The van der Waals surface area contributed by atoms with Crippen LogP contribution in [-0.4, -0.2) is 54.0 Å². The van der Waals surface area contributed by atoms with Crippen LogP contribution in [0.25, 0.3) is 11.5 Å². The molecule has 0 atom stereocenters. The highest BCUT2D eigenvalue weighted by molar-refractivity contribution is 6.31. The van der Waals surface area contributed by atoms with Crippen molar-refractivity contribution < 1.29 is 13.9 Å². The van der Waals surface area contributed by atoms with Gasteiger partial charge in [-0.05, 0) is 35.9 Å². The number of methoxy groups -OCH3 is 1. The first kappa shape index (κ1) is 20.4. The van der Waals surface area contributed by atoms with E-state index >= 15 is 0 Å². The number of aromatic nitrogens is 1. The number of piperazine rings is 1. The van der Waals surface area contributed by atoms with Gasteiger partial charge in [0.25, 0.3) is 0 Å². The zero-order valence-corrected chi connectivity index (χ0v) is 17.6. The Kier molecular flexibility index (Phi) is 6.35. The van der Waals surface area contributed by atoms with Crippen molar-refractivity contribution in [2.45, 2.75) is 13.0 Å². The molecule has 1 saturated heterocycles. The van der Waals surface area contributed by atoms with Gasteiger partial charge >= 0.3 is 0 Å². The summed E-state index contributed by atoms with van der Waals surface area (Å²) in [4.78, 5) is 21.4. The topological polar surface area (TPSA) is 58.8 Å². The third kappa shape index (κ3) is 4.83. The third-order valence-corrected chi connectivity index (χ3v) is 5.67. The van der Waals surface area contributed by atoms with Gasteiger partial charge in [0.15, 0.2) is 0 Å². The molecule has 0 spiro atoms. The van der Waals surface area contributed by atoms with Crippen molar-refractivity contribution >= 4 is 17.5 Å². The minimum absolute atomic E-state index is 0.117. The van der Waals surface area contributed by atoms with Gasteiger partial charge in [-0.1, -0.05) is 29.8 Å². The van der Waals surface area contributed by atoms with Crippen LogP contribution >= 0.6 is 11.6 Å². The van der Waals surface area contributed by atoms with E-state index in [0.717, 1.165) is 35.7 Å². The van der Waals surface area contributed by atoms with Crippen molar-refractivity contribution in [1.82, 2.24) is 14.8 Å². The second-order valence-corrected chi connectivity index (χ2v) is 7.70. The van der Waals surface area contributed by atoms with E-state index in [1.165, 1.54) is 0 Å². The molecule has 1 amide bonds. The molecule has 0 N–H and O–H groups in total. The van der Waals surface area contributed by atoms with Crippen LogP contribution in [0, 0.1) is 0 Å². The Bertz CT molecular complexity index is 995. The molecule has 6 nitrogen and oxygen atoms in total. The lowest BCUT2D eigenvalue weighted by atomic mass is 10.1. The zero-order chi connectivity index (χ0) is 20.9. The highest BCUT2D eigenvalue weighted by Gasteiger charge is 2.22. The van der Waals surface area contributed by atoms with Crippen LogP contribution in [0.5, 0.6) is 5.75 Å². The predicted octanol–water partition coefficient (Wildman–Crippen LogP) is 3.89. The fourth-order valence-corrected chi connectivity index (χ4v) is 3.75. The van der Waals surface area contributed by atoms with Gasteiger partial charge < -0.3 is 14.1 Å². The Balaban J connectivity index is 1.29. The summed E-state index contributed by atoms with van der Waals surface area (Å²) in [5, 5.41) is 0.642. The van der Waals surface area contributed by atoms with Crippen molar-refractivity contribution in [3.63, 3.8) is 0 Å². The zero-order valence-electron chi connectivity index (χ0n) is 16.9. The van der Waals surface area contributed by atoms with E-state index in [4.69, 9.17) is 20.8 Å². The molecule has 0 saturated carbocycles. The number of ether oxygens (including phenoxy) is 1. The number of rotatable bonds is 6. The summed E-state index contributed by atoms with van der Waals surface area (Å²) in [7, 11) is 1.64. The van der Waals surface area contributed by atoms with Crippen molar-refractivity contribution in [2.75, 3.05) is 33.3 Å². The normalized spacial score (nSPS) is 14.7. The number of oxazole rings is 1. The summed E-state index contributed by atoms with van der Waals surface area (Å²) < 4.78 is 10.8. The van der Waals surface area contributed by atoms with Crippen molar-refractivity contribution in [3.8, 4) is 17.2 Å². The number of amides is 1. The number of hydrogen-bond donors (Lipinski definition) is 0. The summed E-state index contributed by atoms with van der Waals surface area (Å²) in [5.74, 6) is 1.51. The highest BCUT2D eigenvalue weighted by atomic mass is 35.5. The summed E-state index contributed by atoms with van der Waals surface area (Å²) >= 11 is 6.18. The Morgan fingerprint density at radius 2 is 1.83 bits per heavy atom. The van der Waals surface area contributed by atoms with Crippen molar-refractivity contribution in [3.05, 3.63) is 71.1 Å². The molecular formula is C23H24ClN3O3. The summed E-state index contributed by atoms with van der Waals surface area (Å²) in [6, 6.07) is 15.1. The summed E-state index contributed by atoms with van der Waals surface area (Å²) in [5.41, 5.74) is 2.67. The molecule has 1 aromatic heterocycles. The van der Waals surface area contributed by atoms with Gasteiger partial charge in [-0.2, -0.15) is 0 Å². The lowest BCUT2D eigenvalue weighted by molar-refractivity contribution is -0.132. The molecule has 1 aliphatic rings. The van der Waals surface area contributed by atoms with Crippen molar-refractivity contribution in [2.24, 2.45) is 0 Å². The SMILES string of the molecule is COc1ccc(-c2nc(CN3CCN(C(=O)Cc4ccccc4Cl)CC3)co2)cc1. The first-order valence-electron chi connectivity index (χ1n) is 9.95. The van der Waals surface area contributed by atoms with Crippen LogP contribution in [0.4, 0.5) is 0 Å². The maximum absolute atomic E-state index is 12.6. The minimum Gasteiger partial charge on any atom is -0.497 e. The second kappa shape index (κ2) is 9.32. The van der Waals surface area contributed by atoms with E-state index in [0.29, 0.717) is 37.0 Å². The third-order valence-electron chi connectivity index (χ3n) is 5.30. The number of nitrogens with zero attached hydrogens (tertiary/aromatic N) is 3. The number of hydrogen-bond acceptors (Lipinski definition) is 5. The van der Waals surface area contributed by atoms with Crippen LogP contribution in [-0.2, 0) is 17.8 Å². The van der Waals surface area contributed by atoms with Crippen LogP contribution in [0.15, 0.2) is 59.2 Å². The number of benzene rings is 2. The fourth-order valence-electron chi connectivity index (χ4n) is 3.55. The first-order valence-corrected chi connectivity index (χ1v) is 10.3. The van der Waals surface area contributed by atoms with Gasteiger partial charge in [0.05, 0.1) is 19.2 Å². The lowest BCUT2D eigenvalue weighted by Crippen LogP contribution is -2.48. The number of halogens is 1. The minimum atomic E-state index is 0.117. The average molecular weight is 426 g/mol. The fraction of sp³-hybridized carbons (Fsp3) is 0.304. The summed E-state index contributed by atoms with van der Waals surface area (Å²) in [6.45, 7) is 3.71. The Morgan fingerprint density at radius 1 is 1.10 bits per heavy atom. The molecule has 156 valence electrons. The Hall–Kier alpha value is -2.83. The molecule has 2 heterocycles. The van der Waals surface area contributed by atoms with E-state index < -0.39 is 0 Å². The molecular weight excluding hydrogens is 402 g/mol. The highest BCUT2D eigenvalue weighted by Crippen LogP contribution is 2.22. The van der Waals surface area contributed by atoms with Crippen molar-refractivity contribution in [1.29, 1.82) is 0 Å². The van der Waals surface area contributed by atoms with Crippen LogP contribution < -0.4 is 4.74 Å². The van der Waals surface area contributed by atoms with Gasteiger partial charge in [0.1, 0.15) is 12.0 Å². The van der Waals surface area contributed by atoms with Crippen LogP contribution in [0.3, 0.4) is 0 Å². The van der Waals surface area contributed by atoms with Gasteiger partial charge in [0.2, 0.25) is 11.8 Å². The maximum atomic E-state index is 12.6. The molecule has 3 aromatic rings. The quantitative estimate of drug-likeness (QED) is 0.599. The smallest absolute Gasteiger partial charge is 0.227 e. The van der Waals surface area contributed by atoms with Gasteiger partial charge in [-0.15, -0.1) is 0 Å². The van der Waals surface area contributed by atoms with Gasteiger partial charge in [0, 0.05) is 43.3 Å². The molecule has 1 fully saturated rings. The largest absolute Gasteiger partial charge is 0.497 e. The Labute approximate surface area is 181 Å². The number of carbonyl (C=O) groups is 1. The van der Waals surface area contributed by atoms with E-state index in [-0.39, 0.29) is 5.91 Å². The van der Waals surface area contributed by atoms with E-state index in [9.17, 15) is 4.79 Å². The van der Waals surface area contributed by atoms with E-state index in [1.54, 1.807) is 13.4 Å². The number of carbonyl (C=O) groups excluding carboxylic acids is 1. The van der Waals surface area contributed by atoms with E-state index in [2.05, 4.69) is 9.88 Å². The predicted molar refractivity (Wildman–Crippen MR) is 116 cm³/mol. The monoisotopic (exact) mass is 425 g/mol. The molecule has 0 radical (unpaired) electrons. The van der Waals surface area contributed by atoms with E-state index in [1.807, 2.05) is 53.4 Å². The standard InChI is InChI=1S/C23H24ClN3O3/c1-29-20-8-6-17(7-9-20)23-25-19(16-30-23)15-26-10-12-27(13-11-26)22(28)14-18-4-2-3-5-21(18)24/h2-9,16H,10-15H2,1H3. The molecule has 7 heteroatoms. The molecule has 0 unspecified atom stereocenters. The van der Waals surface area contributed by atoms with Gasteiger partial charge in [-0.25, -0.2) is 4.98 Å². The molecule has 1 aliphatic heterocycles. The van der Waals surface area contributed by atoms with Gasteiger partial charge in [-0.3, -0.25) is 9.69 Å².